The van der Waals surface area contributed by atoms with Gasteiger partial charge < -0.3 is 4.18 Å². The van der Waals surface area contributed by atoms with Crippen LogP contribution in [0.1, 0.15) is 6.92 Å². The zero-order valence-electron chi connectivity index (χ0n) is 13.8. The van der Waals surface area contributed by atoms with Gasteiger partial charge in [0.05, 0.1) is 0 Å². The molecule has 0 aliphatic carbocycles. The van der Waals surface area contributed by atoms with Crippen LogP contribution >= 0.6 is 10.3 Å². The van der Waals surface area contributed by atoms with E-state index in [4.69, 9.17) is 4.18 Å². The predicted molar refractivity (Wildman–Crippen MR) is 93.4 cm³/mol. The Balaban J connectivity index is 2.44. The third kappa shape index (κ3) is 3.20. The summed E-state index contributed by atoms with van der Waals surface area (Å²) in [5.41, 5.74) is 0. The normalized spacial score (nSPS) is 11.8. The molecule has 3 rings (SSSR count). The van der Waals surface area contributed by atoms with Crippen molar-refractivity contribution >= 4 is 16.3 Å². The lowest BCUT2D eigenvalue weighted by Gasteiger charge is -2.39. The van der Waals surface area contributed by atoms with Gasteiger partial charge in [0, 0.05) is 28.8 Å². The van der Waals surface area contributed by atoms with E-state index in [0.717, 1.165) is 0 Å². The molecule has 134 valence electrons. The van der Waals surface area contributed by atoms with Gasteiger partial charge in [-0.25, -0.2) is 13.2 Å². The minimum absolute atomic E-state index is 0.422. The van der Waals surface area contributed by atoms with Gasteiger partial charge >= 0.3 is 5.97 Å². The molecule has 0 aliphatic rings. The van der Waals surface area contributed by atoms with Gasteiger partial charge in [0.25, 0.3) is 0 Å². The van der Waals surface area contributed by atoms with E-state index in [0.29, 0.717) is 21.9 Å². The molecule has 3 aromatic rings. The van der Waals surface area contributed by atoms with Gasteiger partial charge in [0.1, 0.15) is 22.3 Å². The number of rotatable bonds is 4. The first-order valence-electron chi connectivity index (χ1n) is 7.73. The molecule has 0 atom stereocenters. The molecule has 0 fully saturated rings. The second kappa shape index (κ2) is 7.25. The molecule has 0 unspecified atom stereocenters. The number of hydrogen-bond donors (Lipinski definition) is 0. The second-order valence-corrected chi connectivity index (χ2v) is 8.09. The van der Waals surface area contributed by atoms with Crippen molar-refractivity contribution in [2.75, 3.05) is 0 Å². The van der Waals surface area contributed by atoms with E-state index in [9.17, 15) is 18.0 Å². The Morgan fingerprint density at radius 2 is 1.23 bits per heavy atom. The van der Waals surface area contributed by atoms with Gasteiger partial charge in [0.2, 0.25) is 0 Å². The van der Waals surface area contributed by atoms with Crippen molar-refractivity contribution in [2.45, 2.75) is 21.6 Å². The number of benzene rings is 3. The maximum atomic E-state index is 14.8. The van der Waals surface area contributed by atoms with E-state index in [1.54, 1.807) is 60.7 Å². The Morgan fingerprint density at radius 3 is 1.62 bits per heavy atom. The minimum Gasteiger partial charge on any atom is -0.402 e. The molecule has 0 aromatic heterocycles. The molecule has 0 heterocycles. The summed E-state index contributed by atoms with van der Waals surface area (Å²) in [6, 6.07) is 17.9. The zero-order valence-corrected chi connectivity index (χ0v) is 14.6. The standard InChI is InChI=1S/C20H15F3O2S/c1-14(24)25-26(16-8-4-2-5-9-16,17-10-6-3-7-11-17)20-18(22)12-15(21)13-19(20)23/h2-13H,1H3. The average molecular weight is 376 g/mol. The van der Waals surface area contributed by atoms with Gasteiger partial charge in [-0.1, -0.05) is 36.4 Å². The molecule has 0 aliphatic heterocycles. The number of halogens is 3. The first-order valence-corrected chi connectivity index (χ1v) is 9.29. The highest BCUT2D eigenvalue weighted by Gasteiger charge is 2.39. The topological polar surface area (TPSA) is 26.3 Å². The largest absolute Gasteiger partial charge is 0.402 e. The summed E-state index contributed by atoms with van der Waals surface area (Å²) in [6.07, 6.45) is 0. The van der Waals surface area contributed by atoms with Crippen molar-refractivity contribution < 1.29 is 22.1 Å². The highest BCUT2D eigenvalue weighted by Crippen LogP contribution is 2.70. The van der Waals surface area contributed by atoms with Crippen LogP contribution in [0.3, 0.4) is 0 Å². The molecular formula is C20H15F3O2S. The summed E-state index contributed by atoms with van der Waals surface area (Å²) < 4.78 is 48.7. The summed E-state index contributed by atoms with van der Waals surface area (Å²) in [5.74, 6) is -3.95. The highest BCUT2D eigenvalue weighted by atomic mass is 32.3. The summed E-state index contributed by atoms with van der Waals surface area (Å²) >= 11 is 0. The molecule has 0 spiro atoms. The molecule has 0 saturated heterocycles. The fourth-order valence-corrected chi connectivity index (χ4v) is 5.83. The lowest BCUT2D eigenvalue weighted by atomic mass is 10.3. The number of carbonyl (C=O) groups excluding carboxylic acids is 1. The number of hydrogen-bond acceptors (Lipinski definition) is 2. The minimum atomic E-state index is -3.08. The van der Waals surface area contributed by atoms with Crippen molar-refractivity contribution in [3.63, 3.8) is 0 Å². The van der Waals surface area contributed by atoms with Crippen molar-refractivity contribution in [1.82, 2.24) is 0 Å². The molecule has 26 heavy (non-hydrogen) atoms. The first-order chi connectivity index (χ1) is 12.4. The monoisotopic (exact) mass is 376 g/mol. The zero-order chi connectivity index (χ0) is 18.7. The van der Waals surface area contributed by atoms with Crippen LogP contribution < -0.4 is 0 Å². The molecule has 0 bridgehead atoms. The lowest BCUT2D eigenvalue weighted by Crippen LogP contribution is -2.14. The van der Waals surface area contributed by atoms with Crippen LogP contribution in [-0.4, -0.2) is 5.97 Å². The van der Waals surface area contributed by atoms with E-state index in [1.807, 2.05) is 0 Å². The quantitative estimate of drug-likeness (QED) is 0.570. The Morgan fingerprint density at radius 1 is 0.808 bits per heavy atom. The van der Waals surface area contributed by atoms with Crippen LogP contribution in [0, 0.1) is 17.5 Å². The molecule has 6 heteroatoms. The molecule has 2 nitrogen and oxygen atoms in total. The van der Waals surface area contributed by atoms with Crippen molar-refractivity contribution in [3.8, 4) is 0 Å². The SMILES string of the molecule is CC(=O)OS(c1ccccc1)(c1ccccc1)c1c(F)cc(F)cc1F. The fraction of sp³-hybridized carbons (Fsp3) is 0.0500. The summed E-state index contributed by atoms with van der Waals surface area (Å²) in [5, 5.41) is 0. The summed E-state index contributed by atoms with van der Waals surface area (Å²) in [6.45, 7) is 1.17. The van der Waals surface area contributed by atoms with E-state index >= 15 is 0 Å². The van der Waals surface area contributed by atoms with E-state index < -0.39 is 38.6 Å². The Labute approximate surface area is 150 Å². The Kier molecular flexibility index (Phi) is 5.04. The second-order valence-electron chi connectivity index (χ2n) is 5.46. The predicted octanol–water partition coefficient (Wildman–Crippen LogP) is 5.86. The van der Waals surface area contributed by atoms with Crippen molar-refractivity contribution in [3.05, 3.63) is 90.2 Å². The molecule has 0 amide bonds. The maximum absolute atomic E-state index is 14.8. The van der Waals surface area contributed by atoms with Crippen LogP contribution in [0.15, 0.2) is 87.5 Å². The van der Waals surface area contributed by atoms with E-state index in [1.165, 1.54) is 6.92 Å². The van der Waals surface area contributed by atoms with Crippen molar-refractivity contribution in [1.29, 1.82) is 0 Å². The molecule has 0 N–H and O–H groups in total. The number of carbonyl (C=O) groups is 1. The van der Waals surface area contributed by atoms with E-state index in [2.05, 4.69) is 0 Å². The summed E-state index contributed by atoms with van der Waals surface area (Å²) in [7, 11) is -3.08. The maximum Gasteiger partial charge on any atom is 0.313 e. The van der Waals surface area contributed by atoms with E-state index in [-0.39, 0.29) is 0 Å². The Hall–Kier alpha value is -2.73. The van der Waals surface area contributed by atoms with Crippen LogP contribution in [0.5, 0.6) is 0 Å². The van der Waals surface area contributed by atoms with Crippen LogP contribution in [0.25, 0.3) is 0 Å². The Bertz CT molecular complexity index is 868. The molecule has 0 radical (unpaired) electrons. The average Bonchev–Trinajstić information content (AvgIpc) is 2.61. The lowest BCUT2D eigenvalue weighted by molar-refractivity contribution is -0.131. The van der Waals surface area contributed by atoms with Gasteiger partial charge in [-0.05, 0) is 34.6 Å². The summed E-state index contributed by atoms with van der Waals surface area (Å²) in [4.78, 5) is 12.3. The third-order valence-corrected chi connectivity index (χ3v) is 6.96. The molecular weight excluding hydrogens is 361 g/mol. The van der Waals surface area contributed by atoms with Crippen LogP contribution in [-0.2, 0) is 8.98 Å². The first kappa shape index (κ1) is 18.1. The highest BCUT2D eigenvalue weighted by molar-refractivity contribution is 8.30. The molecule has 0 saturated carbocycles. The van der Waals surface area contributed by atoms with Crippen molar-refractivity contribution in [2.24, 2.45) is 0 Å². The van der Waals surface area contributed by atoms with Gasteiger partial charge in [0.15, 0.2) is 0 Å². The fourth-order valence-electron chi connectivity index (χ4n) is 2.71. The van der Waals surface area contributed by atoms with Crippen LogP contribution in [0.2, 0.25) is 0 Å². The van der Waals surface area contributed by atoms with Gasteiger partial charge in [-0.3, -0.25) is 4.79 Å². The van der Waals surface area contributed by atoms with Gasteiger partial charge in [-0.2, -0.15) is 0 Å². The third-order valence-electron chi connectivity index (χ3n) is 3.64. The molecule has 3 aromatic carbocycles. The smallest absolute Gasteiger partial charge is 0.313 e. The van der Waals surface area contributed by atoms with Crippen LogP contribution in [0.4, 0.5) is 13.2 Å². The van der Waals surface area contributed by atoms with Gasteiger partial charge in [-0.15, -0.1) is 0 Å².